The molecule has 198 valence electrons. The third-order valence-electron chi connectivity index (χ3n) is 7.72. The second kappa shape index (κ2) is 9.70. The molecule has 2 fully saturated rings. The molecule has 4 aromatic rings. The molecule has 1 aromatic carbocycles. The van der Waals surface area contributed by atoms with Crippen molar-refractivity contribution in [3.8, 4) is 16.3 Å². The number of hydrogen-bond acceptors (Lipinski definition) is 8. The summed E-state index contributed by atoms with van der Waals surface area (Å²) in [5.41, 5.74) is 9.17. The predicted octanol–water partition coefficient (Wildman–Crippen LogP) is 4.99. The maximum atomic E-state index is 14.0. The minimum Gasteiger partial charge on any atom is -0.391 e. The van der Waals surface area contributed by atoms with Gasteiger partial charge in [-0.1, -0.05) is 48.1 Å². The predicted molar refractivity (Wildman–Crippen MR) is 149 cm³/mol. The van der Waals surface area contributed by atoms with Crippen LogP contribution in [0.4, 0.5) is 9.93 Å². The Bertz CT molecular complexity index is 1520. The van der Waals surface area contributed by atoms with Gasteiger partial charge in [-0.2, -0.15) is 0 Å². The smallest absolute Gasteiger partial charge is 0.391 e. The Kier molecular flexibility index (Phi) is 6.35. The van der Waals surface area contributed by atoms with E-state index in [0.717, 1.165) is 33.8 Å². The number of rotatable bonds is 5. The van der Waals surface area contributed by atoms with E-state index in [4.69, 9.17) is 10.5 Å². The zero-order valence-electron chi connectivity index (χ0n) is 21.5. The SMILES string of the molecule is Cc1cccc(-c2sc(N)nc2C(=O)N2C[C@@H]3CC(C)C[C@@H]3[C@H]2CNC(=O)Oc2c(C)nc3sccn23)c1. The van der Waals surface area contributed by atoms with E-state index in [9.17, 15) is 9.59 Å². The van der Waals surface area contributed by atoms with Crippen molar-refractivity contribution in [3.05, 3.63) is 52.8 Å². The van der Waals surface area contributed by atoms with E-state index < -0.39 is 6.09 Å². The first-order valence-electron chi connectivity index (χ1n) is 12.8. The average Bonchev–Trinajstić information content (AvgIpc) is 3.67. The average molecular weight is 551 g/mol. The maximum absolute atomic E-state index is 14.0. The summed E-state index contributed by atoms with van der Waals surface area (Å²) in [6.07, 6.45) is 3.37. The fourth-order valence-electron chi connectivity index (χ4n) is 6.15. The van der Waals surface area contributed by atoms with Crippen molar-refractivity contribution < 1.29 is 14.3 Å². The lowest BCUT2D eigenvalue weighted by Crippen LogP contribution is -2.46. The quantitative estimate of drug-likeness (QED) is 0.362. The Hall–Kier alpha value is -3.44. The lowest BCUT2D eigenvalue weighted by Gasteiger charge is -2.28. The highest BCUT2D eigenvalue weighted by Gasteiger charge is 2.48. The molecule has 3 aromatic heterocycles. The third-order valence-corrected chi connectivity index (χ3v) is 9.41. The second-order valence-corrected chi connectivity index (χ2v) is 12.4. The highest BCUT2D eigenvalue weighted by Crippen LogP contribution is 2.46. The Labute approximate surface area is 228 Å². The topological polar surface area (TPSA) is 115 Å². The van der Waals surface area contributed by atoms with Crippen molar-refractivity contribution in [3.63, 3.8) is 0 Å². The van der Waals surface area contributed by atoms with Crippen molar-refractivity contribution in [1.82, 2.24) is 24.6 Å². The number of benzene rings is 1. The van der Waals surface area contributed by atoms with Crippen molar-refractivity contribution in [2.45, 2.75) is 39.7 Å². The molecule has 1 saturated carbocycles. The van der Waals surface area contributed by atoms with Crippen LogP contribution < -0.4 is 15.8 Å². The molecule has 0 bridgehead atoms. The molecule has 0 radical (unpaired) electrons. The number of hydrogen-bond donors (Lipinski definition) is 2. The molecule has 1 saturated heterocycles. The van der Waals surface area contributed by atoms with Crippen LogP contribution in [0.15, 0.2) is 35.8 Å². The van der Waals surface area contributed by atoms with Crippen molar-refractivity contribution in [1.29, 1.82) is 0 Å². The summed E-state index contributed by atoms with van der Waals surface area (Å²) in [5, 5.41) is 5.20. The molecule has 4 heterocycles. The summed E-state index contributed by atoms with van der Waals surface area (Å²) in [7, 11) is 0. The van der Waals surface area contributed by atoms with E-state index in [1.54, 1.807) is 4.40 Å². The monoisotopic (exact) mass is 550 g/mol. The van der Waals surface area contributed by atoms with E-state index in [0.29, 0.717) is 53.2 Å². The van der Waals surface area contributed by atoms with E-state index in [-0.39, 0.29) is 11.9 Å². The lowest BCUT2D eigenvalue weighted by molar-refractivity contribution is 0.0702. The minimum absolute atomic E-state index is 0.136. The molecule has 3 N–H and O–H groups in total. The molecule has 6 rings (SSSR count). The fraction of sp³-hybridized carbons (Fsp3) is 0.407. The number of aromatic nitrogens is 3. The Morgan fingerprint density at radius 3 is 2.89 bits per heavy atom. The molecule has 38 heavy (non-hydrogen) atoms. The Balaban J connectivity index is 1.23. The first-order valence-corrected chi connectivity index (χ1v) is 14.5. The van der Waals surface area contributed by atoms with Crippen LogP contribution in [0.3, 0.4) is 0 Å². The molecule has 2 amide bonds. The number of fused-ring (bicyclic) bond motifs is 2. The van der Waals surface area contributed by atoms with Crippen LogP contribution in [-0.2, 0) is 0 Å². The number of carbonyl (C=O) groups is 2. The van der Waals surface area contributed by atoms with Crippen LogP contribution in [0, 0.1) is 31.6 Å². The second-order valence-electron chi connectivity index (χ2n) is 10.5. The molecule has 4 atom stereocenters. The number of nitrogens with one attached hydrogen (secondary N) is 1. The summed E-state index contributed by atoms with van der Waals surface area (Å²) >= 11 is 2.81. The molecular weight excluding hydrogens is 520 g/mol. The van der Waals surface area contributed by atoms with Gasteiger partial charge in [-0.25, -0.2) is 14.8 Å². The van der Waals surface area contributed by atoms with Crippen molar-refractivity contribution in [2.75, 3.05) is 18.8 Å². The van der Waals surface area contributed by atoms with E-state index >= 15 is 0 Å². The Morgan fingerprint density at radius 1 is 1.24 bits per heavy atom. The van der Waals surface area contributed by atoms with Gasteiger partial charge in [0.2, 0.25) is 5.88 Å². The molecule has 0 spiro atoms. The minimum atomic E-state index is -0.554. The van der Waals surface area contributed by atoms with Gasteiger partial charge in [-0.3, -0.25) is 9.20 Å². The number of nitrogens with zero attached hydrogens (tertiary/aromatic N) is 4. The fourth-order valence-corrected chi connectivity index (χ4v) is 7.72. The van der Waals surface area contributed by atoms with Crippen LogP contribution in [0.5, 0.6) is 5.88 Å². The van der Waals surface area contributed by atoms with E-state index in [2.05, 4.69) is 22.2 Å². The van der Waals surface area contributed by atoms with E-state index in [1.165, 1.54) is 22.7 Å². The number of thiazole rings is 2. The van der Waals surface area contributed by atoms with Gasteiger partial charge in [0.15, 0.2) is 10.1 Å². The van der Waals surface area contributed by atoms with Gasteiger partial charge in [0.25, 0.3) is 5.91 Å². The third kappa shape index (κ3) is 4.43. The van der Waals surface area contributed by atoms with Gasteiger partial charge in [-0.15, -0.1) is 11.3 Å². The number of likely N-dealkylation sites (tertiary alicyclic amines) is 1. The van der Waals surface area contributed by atoms with Crippen LogP contribution in [0.1, 0.15) is 41.5 Å². The molecule has 1 unspecified atom stereocenters. The van der Waals surface area contributed by atoms with Crippen LogP contribution in [-0.4, -0.2) is 50.4 Å². The van der Waals surface area contributed by atoms with Gasteiger partial charge in [0.1, 0.15) is 11.4 Å². The number of nitrogens with two attached hydrogens (primary N) is 1. The molecule has 2 aliphatic rings. The van der Waals surface area contributed by atoms with Crippen LogP contribution >= 0.6 is 22.7 Å². The number of amides is 2. The van der Waals surface area contributed by atoms with Crippen molar-refractivity contribution >= 4 is 44.8 Å². The standard InChI is InChI=1S/C27H30N6O3S2/c1-14-5-4-6-17(9-14)22-21(31-25(28)38-22)23(34)33-13-18-10-15(2)11-19(18)20(33)12-29-27(35)36-24-16(3)30-26-32(24)7-8-37-26/h4-9,15,18-20H,10-13H2,1-3H3,(H2,28,31)(H,29,35)/t15?,18-,19-,20+/m0/s1. The summed E-state index contributed by atoms with van der Waals surface area (Å²) in [5.74, 6) is 1.58. The summed E-state index contributed by atoms with van der Waals surface area (Å²) < 4.78 is 7.41. The molecular formula is C27H30N6O3S2. The summed E-state index contributed by atoms with van der Waals surface area (Å²) in [6.45, 7) is 7.05. The maximum Gasteiger partial charge on any atom is 0.414 e. The molecule has 1 aliphatic carbocycles. The Morgan fingerprint density at radius 2 is 2.08 bits per heavy atom. The number of anilines is 1. The van der Waals surface area contributed by atoms with E-state index in [1.807, 2.05) is 54.6 Å². The van der Waals surface area contributed by atoms with Crippen molar-refractivity contribution in [2.24, 2.45) is 17.8 Å². The highest BCUT2D eigenvalue weighted by molar-refractivity contribution is 7.19. The first-order chi connectivity index (χ1) is 18.3. The highest BCUT2D eigenvalue weighted by atomic mass is 32.1. The molecule has 1 aliphatic heterocycles. The largest absolute Gasteiger partial charge is 0.414 e. The summed E-state index contributed by atoms with van der Waals surface area (Å²) in [6, 6.07) is 7.87. The van der Waals surface area contributed by atoms with Gasteiger partial charge in [-0.05, 0) is 50.0 Å². The van der Waals surface area contributed by atoms with Crippen LogP contribution in [0.25, 0.3) is 15.4 Å². The van der Waals surface area contributed by atoms with Gasteiger partial charge in [0.05, 0.1) is 10.9 Å². The van der Waals surface area contributed by atoms with Gasteiger partial charge >= 0.3 is 6.09 Å². The number of nitrogen functional groups attached to an aromatic ring is 1. The molecule has 11 heteroatoms. The first kappa shape index (κ1) is 24.9. The lowest BCUT2D eigenvalue weighted by atomic mass is 9.93. The zero-order valence-corrected chi connectivity index (χ0v) is 23.1. The summed E-state index contributed by atoms with van der Waals surface area (Å²) in [4.78, 5) is 39.2. The van der Waals surface area contributed by atoms with Crippen LogP contribution in [0.2, 0.25) is 0 Å². The number of ether oxygens (including phenoxy) is 1. The molecule has 9 nitrogen and oxygen atoms in total. The number of carbonyl (C=O) groups excluding carboxylic acids is 2. The normalized spacial score (nSPS) is 22.7. The van der Waals surface area contributed by atoms with Gasteiger partial charge in [0, 0.05) is 24.7 Å². The number of aryl methyl sites for hydroxylation is 2. The van der Waals surface area contributed by atoms with Gasteiger partial charge < -0.3 is 20.7 Å². The number of imidazole rings is 1. The zero-order chi connectivity index (χ0) is 26.6.